The van der Waals surface area contributed by atoms with E-state index in [1.165, 1.54) is 11.3 Å². The lowest BCUT2D eigenvalue weighted by Gasteiger charge is -2.08. The summed E-state index contributed by atoms with van der Waals surface area (Å²) >= 11 is 1.21. The van der Waals surface area contributed by atoms with Gasteiger partial charge in [-0.2, -0.15) is 0 Å². The van der Waals surface area contributed by atoms with E-state index >= 15 is 0 Å². The van der Waals surface area contributed by atoms with Crippen LogP contribution in [0.5, 0.6) is 0 Å². The molecule has 1 N–H and O–H groups in total. The number of pyridine rings is 1. The average Bonchev–Trinajstić information content (AvgIpc) is 2.87. The maximum absolute atomic E-state index is 12.0. The second-order valence-electron chi connectivity index (χ2n) is 4.95. The van der Waals surface area contributed by atoms with Crippen LogP contribution in [0.3, 0.4) is 0 Å². The number of aromatic nitrogens is 2. The van der Waals surface area contributed by atoms with Gasteiger partial charge in [-0.05, 0) is 32.9 Å². The van der Waals surface area contributed by atoms with Gasteiger partial charge < -0.3 is 10.1 Å². The van der Waals surface area contributed by atoms with Gasteiger partial charge in [-0.15, -0.1) is 11.3 Å². The quantitative estimate of drug-likeness (QED) is 0.854. The third-order valence-corrected chi connectivity index (χ3v) is 3.81. The lowest BCUT2D eigenvalue weighted by atomic mass is 10.3. The van der Waals surface area contributed by atoms with Crippen LogP contribution in [0.15, 0.2) is 24.4 Å². The zero-order chi connectivity index (χ0) is 16.1. The fourth-order valence-electron chi connectivity index (χ4n) is 1.74. The number of hydrogen-bond acceptors (Lipinski definition) is 6. The maximum atomic E-state index is 12.0. The highest BCUT2D eigenvalue weighted by atomic mass is 32.1. The van der Waals surface area contributed by atoms with Gasteiger partial charge in [-0.3, -0.25) is 9.78 Å². The van der Waals surface area contributed by atoms with Gasteiger partial charge >= 0.3 is 5.97 Å². The van der Waals surface area contributed by atoms with Gasteiger partial charge in [0.15, 0.2) is 6.61 Å². The van der Waals surface area contributed by atoms with Crippen LogP contribution in [-0.4, -0.2) is 34.5 Å². The molecule has 7 heteroatoms. The molecule has 2 aromatic heterocycles. The molecule has 2 heterocycles. The van der Waals surface area contributed by atoms with Crippen LogP contribution in [0.25, 0.3) is 10.7 Å². The Bertz CT molecular complexity index is 668. The summed E-state index contributed by atoms with van der Waals surface area (Å²) in [6.45, 7) is 5.11. The van der Waals surface area contributed by atoms with Crippen molar-refractivity contribution in [1.29, 1.82) is 0 Å². The number of ether oxygens (including phenoxy) is 1. The molecule has 2 aromatic rings. The first-order chi connectivity index (χ1) is 10.5. The van der Waals surface area contributed by atoms with Crippen molar-refractivity contribution in [2.45, 2.75) is 26.8 Å². The number of hydrogen-bond donors (Lipinski definition) is 1. The molecule has 0 unspecified atom stereocenters. The van der Waals surface area contributed by atoms with Gasteiger partial charge in [0.25, 0.3) is 5.91 Å². The molecular weight excluding hydrogens is 302 g/mol. The van der Waals surface area contributed by atoms with Crippen molar-refractivity contribution in [2.75, 3.05) is 6.61 Å². The van der Waals surface area contributed by atoms with Crippen LogP contribution in [-0.2, 0) is 9.53 Å². The molecule has 0 bridgehead atoms. The zero-order valence-electron chi connectivity index (χ0n) is 12.6. The molecule has 0 aliphatic heterocycles. The van der Waals surface area contributed by atoms with Gasteiger partial charge in [0, 0.05) is 12.2 Å². The van der Waals surface area contributed by atoms with Crippen molar-refractivity contribution in [3.8, 4) is 10.7 Å². The number of esters is 1. The zero-order valence-corrected chi connectivity index (χ0v) is 13.4. The molecule has 0 radical (unpaired) electrons. The van der Waals surface area contributed by atoms with E-state index in [-0.39, 0.29) is 18.6 Å². The maximum Gasteiger partial charge on any atom is 0.350 e. The third-order valence-electron chi connectivity index (χ3n) is 2.65. The number of thiazole rings is 1. The van der Waals surface area contributed by atoms with Gasteiger partial charge in [0.2, 0.25) is 0 Å². The standard InChI is InChI=1S/C15H17N3O3S/c1-9(2)17-12(19)8-21-15(20)13-10(3)18-14(22-13)11-6-4-5-7-16-11/h4-7,9H,8H2,1-3H3,(H,17,19). The molecule has 0 atom stereocenters. The Balaban J connectivity index is 2.05. The summed E-state index contributed by atoms with van der Waals surface area (Å²) in [6.07, 6.45) is 1.67. The van der Waals surface area contributed by atoms with Crippen molar-refractivity contribution >= 4 is 23.2 Å². The van der Waals surface area contributed by atoms with Crippen molar-refractivity contribution < 1.29 is 14.3 Å². The Morgan fingerprint density at radius 3 is 2.77 bits per heavy atom. The van der Waals surface area contributed by atoms with E-state index in [2.05, 4.69) is 15.3 Å². The van der Waals surface area contributed by atoms with E-state index in [9.17, 15) is 9.59 Å². The SMILES string of the molecule is Cc1nc(-c2ccccn2)sc1C(=O)OCC(=O)NC(C)C. The van der Waals surface area contributed by atoms with E-state index in [0.29, 0.717) is 21.3 Å². The Labute approximate surface area is 132 Å². The Kier molecular flexibility index (Phi) is 5.21. The van der Waals surface area contributed by atoms with Crippen LogP contribution in [0.1, 0.15) is 29.2 Å². The van der Waals surface area contributed by atoms with E-state index in [4.69, 9.17) is 4.74 Å². The topological polar surface area (TPSA) is 81.2 Å². The number of amides is 1. The summed E-state index contributed by atoms with van der Waals surface area (Å²) in [5.74, 6) is -0.869. The van der Waals surface area contributed by atoms with Crippen LogP contribution < -0.4 is 5.32 Å². The van der Waals surface area contributed by atoms with E-state index in [1.54, 1.807) is 13.1 Å². The summed E-state index contributed by atoms with van der Waals surface area (Å²) in [6, 6.07) is 5.50. The fraction of sp³-hybridized carbons (Fsp3) is 0.333. The van der Waals surface area contributed by atoms with Crippen LogP contribution in [0, 0.1) is 6.92 Å². The molecule has 0 fully saturated rings. The van der Waals surface area contributed by atoms with E-state index in [1.807, 2.05) is 32.0 Å². The third kappa shape index (κ3) is 4.11. The molecule has 0 aliphatic rings. The molecule has 2 rings (SSSR count). The molecular formula is C15H17N3O3S. The molecule has 0 aromatic carbocycles. The second kappa shape index (κ2) is 7.13. The van der Waals surface area contributed by atoms with Crippen molar-refractivity contribution in [3.05, 3.63) is 35.0 Å². The summed E-state index contributed by atoms with van der Waals surface area (Å²) < 4.78 is 5.02. The van der Waals surface area contributed by atoms with Gasteiger partial charge in [-0.1, -0.05) is 6.07 Å². The largest absolute Gasteiger partial charge is 0.451 e. The first-order valence-electron chi connectivity index (χ1n) is 6.82. The van der Waals surface area contributed by atoms with Gasteiger partial charge in [0.05, 0.1) is 11.4 Å². The first-order valence-corrected chi connectivity index (χ1v) is 7.64. The van der Waals surface area contributed by atoms with E-state index < -0.39 is 5.97 Å². The first kappa shape index (κ1) is 16.1. The molecule has 0 saturated heterocycles. The minimum atomic E-state index is -0.545. The second-order valence-corrected chi connectivity index (χ2v) is 5.95. The molecule has 116 valence electrons. The molecule has 22 heavy (non-hydrogen) atoms. The molecule has 0 aliphatic carbocycles. The van der Waals surface area contributed by atoms with Crippen LogP contribution in [0.4, 0.5) is 0 Å². The average molecular weight is 319 g/mol. The minimum absolute atomic E-state index is 0.00657. The lowest BCUT2D eigenvalue weighted by molar-refractivity contribution is -0.124. The normalized spacial score (nSPS) is 10.5. The molecule has 1 amide bonds. The smallest absolute Gasteiger partial charge is 0.350 e. The number of carbonyl (C=O) groups is 2. The van der Waals surface area contributed by atoms with Crippen LogP contribution in [0.2, 0.25) is 0 Å². The summed E-state index contributed by atoms with van der Waals surface area (Å²) in [5, 5.41) is 3.31. The molecule has 0 spiro atoms. The van der Waals surface area contributed by atoms with Crippen LogP contribution >= 0.6 is 11.3 Å². The Hall–Kier alpha value is -2.28. The van der Waals surface area contributed by atoms with Crippen molar-refractivity contribution in [1.82, 2.24) is 15.3 Å². The Morgan fingerprint density at radius 2 is 2.14 bits per heavy atom. The number of rotatable bonds is 5. The number of carbonyl (C=O) groups excluding carboxylic acids is 2. The summed E-state index contributed by atoms with van der Waals surface area (Å²) in [5.41, 5.74) is 1.27. The number of nitrogens with one attached hydrogen (secondary N) is 1. The van der Waals surface area contributed by atoms with Crippen molar-refractivity contribution in [2.24, 2.45) is 0 Å². The van der Waals surface area contributed by atoms with Gasteiger partial charge in [0.1, 0.15) is 9.88 Å². The lowest BCUT2D eigenvalue weighted by Crippen LogP contribution is -2.33. The fourth-order valence-corrected chi connectivity index (χ4v) is 2.68. The summed E-state index contributed by atoms with van der Waals surface area (Å²) in [7, 11) is 0. The molecule has 0 saturated carbocycles. The predicted molar refractivity (Wildman–Crippen MR) is 83.6 cm³/mol. The van der Waals surface area contributed by atoms with E-state index in [0.717, 1.165) is 0 Å². The van der Waals surface area contributed by atoms with Gasteiger partial charge in [-0.25, -0.2) is 9.78 Å². The number of nitrogens with zero attached hydrogens (tertiary/aromatic N) is 2. The number of aryl methyl sites for hydroxylation is 1. The highest BCUT2D eigenvalue weighted by Crippen LogP contribution is 2.26. The van der Waals surface area contributed by atoms with Crippen molar-refractivity contribution in [3.63, 3.8) is 0 Å². The highest BCUT2D eigenvalue weighted by Gasteiger charge is 2.19. The summed E-state index contributed by atoms with van der Waals surface area (Å²) in [4.78, 5) is 32.5. The monoisotopic (exact) mass is 319 g/mol. The Morgan fingerprint density at radius 1 is 1.36 bits per heavy atom. The predicted octanol–water partition coefficient (Wildman–Crippen LogP) is 2.19. The minimum Gasteiger partial charge on any atom is -0.451 e. The highest BCUT2D eigenvalue weighted by molar-refractivity contribution is 7.17. The molecule has 6 nitrogen and oxygen atoms in total.